The Bertz CT molecular complexity index is 1350. The third-order valence-electron chi connectivity index (χ3n) is 7.82. The highest BCUT2D eigenvalue weighted by atomic mass is 32.2. The Morgan fingerprint density at radius 3 is 2.63 bits per heavy atom. The van der Waals surface area contributed by atoms with Crippen LogP contribution in [0.3, 0.4) is 0 Å². The van der Waals surface area contributed by atoms with Gasteiger partial charge in [-0.05, 0) is 94.0 Å². The molecule has 2 heterocycles. The summed E-state index contributed by atoms with van der Waals surface area (Å²) in [6, 6.07) is 6.28. The molecule has 2 aliphatic rings. The number of hydrogen-bond donors (Lipinski definition) is 2. The predicted molar refractivity (Wildman–Crippen MR) is 132 cm³/mol. The number of nitrogens with zero attached hydrogens (tertiary/aromatic N) is 4. The van der Waals surface area contributed by atoms with Gasteiger partial charge in [0.05, 0.1) is 4.90 Å². The van der Waals surface area contributed by atoms with E-state index in [0.717, 1.165) is 29.3 Å². The lowest BCUT2D eigenvalue weighted by atomic mass is 9.84. The molecule has 2 aromatic heterocycles. The third-order valence-corrected chi connectivity index (χ3v) is 9.39. The van der Waals surface area contributed by atoms with Gasteiger partial charge < -0.3 is 5.32 Å². The van der Waals surface area contributed by atoms with Crippen LogP contribution in [0.4, 0.5) is 5.69 Å². The van der Waals surface area contributed by atoms with Crippen molar-refractivity contribution in [1.82, 2.24) is 24.3 Å². The zero-order valence-electron chi connectivity index (χ0n) is 20.4. The fourth-order valence-electron chi connectivity index (χ4n) is 6.00. The molecule has 5 rings (SSSR count). The highest BCUT2D eigenvalue weighted by Gasteiger charge is 2.42. The van der Waals surface area contributed by atoms with Crippen LogP contribution >= 0.6 is 0 Å². The van der Waals surface area contributed by atoms with E-state index in [2.05, 4.69) is 25.1 Å². The summed E-state index contributed by atoms with van der Waals surface area (Å²) >= 11 is 0. The van der Waals surface area contributed by atoms with Gasteiger partial charge in [-0.3, -0.25) is 4.79 Å². The minimum atomic E-state index is -3.61. The molecular formula is C25H32N6O3S. The van der Waals surface area contributed by atoms with E-state index in [9.17, 15) is 13.2 Å². The van der Waals surface area contributed by atoms with E-state index in [1.54, 1.807) is 28.8 Å². The van der Waals surface area contributed by atoms with Crippen molar-refractivity contribution in [2.24, 2.45) is 17.8 Å². The molecule has 1 amide bonds. The number of hydrogen-bond acceptors (Lipinski definition) is 6. The van der Waals surface area contributed by atoms with E-state index in [-0.39, 0.29) is 23.3 Å². The number of amides is 1. The average molecular weight is 497 g/mol. The number of benzene rings is 1. The second-order valence-corrected chi connectivity index (χ2v) is 11.8. The molecule has 0 saturated heterocycles. The van der Waals surface area contributed by atoms with Crippen LogP contribution in [0.2, 0.25) is 0 Å². The molecule has 0 spiro atoms. The minimum absolute atomic E-state index is 0.0761. The first kappa shape index (κ1) is 23.9. The lowest BCUT2D eigenvalue weighted by Gasteiger charge is -2.28. The number of rotatable bonds is 8. The van der Waals surface area contributed by atoms with Gasteiger partial charge in [0.1, 0.15) is 6.33 Å². The van der Waals surface area contributed by atoms with Crippen LogP contribution in [0.1, 0.15) is 56.0 Å². The molecule has 2 N–H and O–H groups in total. The van der Waals surface area contributed by atoms with Crippen molar-refractivity contribution in [3.05, 3.63) is 47.5 Å². The van der Waals surface area contributed by atoms with Gasteiger partial charge in [-0.15, -0.1) is 0 Å². The molecule has 2 aliphatic carbocycles. The number of aromatic nitrogens is 4. The van der Waals surface area contributed by atoms with Crippen molar-refractivity contribution >= 4 is 27.4 Å². The summed E-state index contributed by atoms with van der Waals surface area (Å²) in [7, 11) is -3.61. The molecule has 4 atom stereocenters. The normalized spacial score (nSPS) is 22.5. The summed E-state index contributed by atoms with van der Waals surface area (Å²) < 4.78 is 30.4. The number of fused-ring (bicyclic) bond motifs is 3. The van der Waals surface area contributed by atoms with E-state index < -0.39 is 10.0 Å². The van der Waals surface area contributed by atoms with Crippen molar-refractivity contribution < 1.29 is 13.2 Å². The minimum Gasteiger partial charge on any atom is -0.326 e. The summed E-state index contributed by atoms with van der Waals surface area (Å²) in [5, 5.41) is 7.04. The molecule has 2 bridgehead atoms. The summed E-state index contributed by atoms with van der Waals surface area (Å²) in [4.78, 5) is 21.3. The van der Waals surface area contributed by atoms with Crippen molar-refractivity contribution in [3.8, 4) is 0 Å². The zero-order chi connectivity index (χ0) is 24.7. The maximum Gasteiger partial charge on any atom is 0.252 e. The van der Waals surface area contributed by atoms with Crippen molar-refractivity contribution in [1.29, 1.82) is 0 Å². The van der Waals surface area contributed by atoms with E-state index >= 15 is 0 Å². The standard InChI is InChI=1S/C25H32N6O3S/c1-15-22(17(3)31-25(28-15)26-14-27-31)10-11-24(32)29-20-6-8-21(9-7-20)35(33,34)30-16(2)23-13-18-4-5-19(23)12-18/h6-9,14,16,18-19,23,30H,4-5,10-13H2,1-3H3,(H,29,32). The van der Waals surface area contributed by atoms with Crippen LogP contribution in [0.15, 0.2) is 35.5 Å². The van der Waals surface area contributed by atoms with Crippen molar-refractivity contribution in [2.45, 2.75) is 70.2 Å². The van der Waals surface area contributed by atoms with Crippen LogP contribution in [0.25, 0.3) is 5.78 Å². The number of carbonyl (C=O) groups is 1. The summed E-state index contributed by atoms with van der Waals surface area (Å²) in [6.45, 7) is 5.83. The highest BCUT2D eigenvalue weighted by Crippen LogP contribution is 2.49. The summed E-state index contributed by atoms with van der Waals surface area (Å²) in [5.74, 6) is 2.24. The Labute approximate surface area is 205 Å². The average Bonchev–Trinajstić information content (AvgIpc) is 3.56. The molecule has 3 aromatic rings. The fourth-order valence-corrected chi connectivity index (χ4v) is 7.30. The van der Waals surface area contributed by atoms with E-state index in [0.29, 0.717) is 29.7 Å². The van der Waals surface area contributed by atoms with Crippen LogP contribution in [0.5, 0.6) is 0 Å². The topological polar surface area (TPSA) is 118 Å². The Hall–Kier alpha value is -2.85. The number of carbonyl (C=O) groups excluding carboxylic acids is 1. The maximum atomic E-state index is 12.9. The smallest absolute Gasteiger partial charge is 0.252 e. The summed E-state index contributed by atoms with van der Waals surface area (Å²) in [5.41, 5.74) is 3.28. The molecular weight excluding hydrogens is 464 g/mol. The van der Waals surface area contributed by atoms with Gasteiger partial charge in [-0.25, -0.2) is 22.6 Å². The van der Waals surface area contributed by atoms with E-state index in [1.807, 2.05) is 20.8 Å². The highest BCUT2D eigenvalue weighted by molar-refractivity contribution is 7.89. The monoisotopic (exact) mass is 496 g/mol. The molecule has 0 radical (unpaired) electrons. The first-order valence-electron chi connectivity index (χ1n) is 12.3. The number of anilines is 1. The first-order valence-corrected chi connectivity index (χ1v) is 13.8. The fraction of sp³-hybridized carbons (Fsp3) is 0.520. The van der Waals surface area contributed by atoms with Crippen LogP contribution in [0, 0.1) is 31.6 Å². The molecule has 35 heavy (non-hydrogen) atoms. The number of sulfonamides is 1. The van der Waals surface area contributed by atoms with Gasteiger partial charge >= 0.3 is 0 Å². The summed E-state index contributed by atoms with van der Waals surface area (Å²) in [6.07, 6.45) is 7.14. The quantitative estimate of drug-likeness (QED) is 0.493. The van der Waals surface area contributed by atoms with Crippen LogP contribution < -0.4 is 10.0 Å². The van der Waals surface area contributed by atoms with E-state index in [1.165, 1.54) is 25.6 Å². The second-order valence-electron chi connectivity index (χ2n) is 10.1. The van der Waals surface area contributed by atoms with Gasteiger partial charge in [0.15, 0.2) is 0 Å². The zero-order valence-corrected chi connectivity index (χ0v) is 21.2. The van der Waals surface area contributed by atoms with Crippen LogP contribution in [-0.4, -0.2) is 39.9 Å². The van der Waals surface area contributed by atoms with Gasteiger partial charge in [-0.1, -0.05) is 6.42 Å². The molecule has 4 unspecified atom stereocenters. The first-order chi connectivity index (χ1) is 16.7. The molecule has 2 fully saturated rings. The van der Waals surface area contributed by atoms with Crippen LogP contribution in [-0.2, 0) is 21.2 Å². The lowest BCUT2D eigenvalue weighted by Crippen LogP contribution is -2.40. The Balaban J connectivity index is 1.18. The Morgan fingerprint density at radius 2 is 1.94 bits per heavy atom. The van der Waals surface area contributed by atoms with Crippen molar-refractivity contribution in [3.63, 3.8) is 0 Å². The third kappa shape index (κ3) is 4.81. The Kier molecular flexibility index (Phi) is 6.35. The maximum absolute atomic E-state index is 12.9. The molecule has 2 saturated carbocycles. The SMILES string of the molecule is Cc1nc2ncnn2c(C)c1CCC(=O)Nc1ccc(S(=O)(=O)NC(C)C2CC3CCC2C3)cc1. The van der Waals surface area contributed by atoms with Gasteiger partial charge in [0.2, 0.25) is 15.9 Å². The molecule has 186 valence electrons. The second kappa shape index (κ2) is 9.31. The molecule has 1 aromatic carbocycles. The largest absolute Gasteiger partial charge is 0.326 e. The molecule has 0 aliphatic heterocycles. The number of nitrogens with one attached hydrogen (secondary N) is 2. The Morgan fingerprint density at radius 1 is 1.17 bits per heavy atom. The lowest BCUT2D eigenvalue weighted by molar-refractivity contribution is -0.116. The van der Waals surface area contributed by atoms with E-state index in [4.69, 9.17) is 0 Å². The molecule has 10 heteroatoms. The van der Waals surface area contributed by atoms with Gasteiger partial charge in [0.25, 0.3) is 5.78 Å². The molecule has 9 nitrogen and oxygen atoms in total. The van der Waals surface area contributed by atoms with Gasteiger partial charge in [-0.2, -0.15) is 10.1 Å². The van der Waals surface area contributed by atoms with Gasteiger partial charge in [0, 0.05) is 29.5 Å². The van der Waals surface area contributed by atoms with Crippen molar-refractivity contribution in [2.75, 3.05) is 5.32 Å². The predicted octanol–water partition coefficient (Wildman–Crippen LogP) is 3.42. The number of aryl methyl sites for hydroxylation is 2.